The lowest BCUT2D eigenvalue weighted by Gasteiger charge is -2.10. The van der Waals surface area contributed by atoms with Crippen molar-refractivity contribution >= 4 is 5.97 Å². The summed E-state index contributed by atoms with van der Waals surface area (Å²) in [7, 11) is 0. The van der Waals surface area contributed by atoms with Crippen LogP contribution in [0.15, 0.2) is 6.20 Å². The molecule has 0 spiro atoms. The molecule has 2 N–H and O–H groups in total. The number of aryl methyl sites for hydroxylation is 2. The SMILES string of the molecule is Cc1c[nH]c(C)c1C1(C(=O)O)CC1. The Balaban J connectivity index is 2.51. The van der Waals surface area contributed by atoms with Gasteiger partial charge in [0.05, 0.1) is 5.41 Å². The fraction of sp³-hybridized carbons (Fsp3) is 0.500. The lowest BCUT2D eigenvalue weighted by atomic mass is 9.93. The van der Waals surface area contributed by atoms with Crippen molar-refractivity contribution in [1.82, 2.24) is 4.98 Å². The van der Waals surface area contributed by atoms with E-state index in [-0.39, 0.29) is 0 Å². The third-order valence-corrected chi connectivity index (χ3v) is 2.91. The smallest absolute Gasteiger partial charge is 0.314 e. The Hall–Kier alpha value is -1.25. The highest BCUT2D eigenvalue weighted by molar-refractivity contribution is 5.85. The average molecular weight is 179 g/mol. The van der Waals surface area contributed by atoms with Crippen LogP contribution in [0, 0.1) is 13.8 Å². The van der Waals surface area contributed by atoms with Gasteiger partial charge in [-0.15, -0.1) is 0 Å². The van der Waals surface area contributed by atoms with Crippen LogP contribution in [0.4, 0.5) is 0 Å². The van der Waals surface area contributed by atoms with Crippen LogP contribution in [0.3, 0.4) is 0 Å². The highest BCUT2D eigenvalue weighted by Gasteiger charge is 2.53. The number of hydrogen-bond donors (Lipinski definition) is 2. The first kappa shape index (κ1) is 8.35. The maximum Gasteiger partial charge on any atom is 0.314 e. The van der Waals surface area contributed by atoms with Crippen molar-refractivity contribution in [3.63, 3.8) is 0 Å². The van der Waals surface area contributed by atoms with E-state index in [1.54, 1.807) is 0 Å². The molecule has 1 aliphatic carbocycles. The van der Waals surface area contributed by atoms with E-state index in [1.165, 1.54) is 0 Å². The molecule has 1 heterocycles. The molecule has 1 fully saturated rings. The number of carboxylic acids is 1. The number of aromatic amines is 1. The van der Waals surface area contributed by atoms with Gasteiger partial charge < -0.3 is 10.1 Å². The summed E-state index contributed by atoms with van der Waals surface area (Å²) in [5, 5.41) is 9.11. The highest BCUT2D eigenvalue weighted by atomic mass is 16.4. The third kappa shape index (κ3) is 0.996. The predicted molar refractivity (Wildman–Crippen MR) is 48.8 cm³/mol. The number of carboxylic acid groups (broad SMARTS) is 1. The van der Waals surface area contributed by atoms with E-state index in [4.69, 9.17) is 5.11 Å². The van der Waals surface area contributed by atoms with Gasteiger partial charge in [0.1, 0.15) is 0 Å². The zero-order chi connectivity index (χ0) is 9.64. The third-order valence-electron chi connectivity index (χ3n) is 2.91. The van der Waals surface area contributed by atoms with E-state index in [2.05, 4.69) is 4.98 Å². The van der Waals surface area contributed by atoms with Gasteiger partial charge in [-0.1, -0.05) is 0 Å². The molecule has 0 unspecified atom stereocenters. The topological polar surface area (TPSA) is 53.1 Å². The van der Waals surface area contributed by atoms with Crippen molar-refractivity contribution in [1.29, 1.82) is 0 Å². The molecule has 3 nitrogen and oxygen atoms in total. The van der Waals surface area contributed by atoms with E-state index in [0.29, 0.717) is 0 Å². The van der Waals surface area contributed by atoms with Crippen LogP contribution in [-0.2, 0) is 10.2 Å². The van der Waals surface area contributed by atoms with Crippen LogP contribution in [0.1, 0.15) is 29.7 Å². The summed E-state index contributed by atoms with van der Waals surface area (Å²) in [5.74, 6) is -0.682. The lowest BCUT2D eigenvalue weighted by molar-refractivity contribution is -0.140. The Kier molecular flexibility index (Phi) is 1.53. The van der Waals surface area contributed by atoms with Gasteiger partial charge in [0.2, 0.25) is 0 Å². The van der Waals surface area contributed by atoms with Gasteiger partial charge in [-0.05, 0) is 37.8 Å². The first-order valence-electron chi connectivity index (χ1n) is 4.46. The molecule has 0 atom stereocenters. The minimum atomic E-state index is -0.682. The monoisotopic (exact) mass is 179 g/mol. The largest absolute Gasteiger partial charge is 0.481 e. The van der Waals surface area contributed by atoms with Crippen LogP contribution >= 0.6 is 0 Å². The molecule has 0 amide bonds. The molecule has 2 rings (SSSR count). The van der Waals surface area contributed by atoms with Gasteiger partial charge in [-0.25, -0.2) is 0 Å². The Morgan fingerprint density at radius 1 is 1.54 bits per heavy atom. The molecule has 13 heavy (non-hydrogen) atoms. The van der Waals surface area contributed by atoms with Gasteiger partial charge in [0.25, 0.3) is 0 Å². The molecule has 1 saturated carbocycles. The number of carbonyl (C=O) groups is 1. The average Bonchev–Trinajstić information content (AvgIpc) is 2.77. The Bertz CT molecular complexity index is 342. The van der Waals surface area contributed by atoms with Crippen molar-refractivity contribution < 1.29 is 9.90 Å². The molecule has 0 aromatic carbocycles. The first-order chi connectivity index (χ1) is 6.08. The van der Waals surface area contributed by atoms with Gasteiger partial charge in [-0.3, -0.25) is 4.79 Å². The standard InChI is InChI=1S/C10H13NO2/c1-6-5-11-7(2)8(6)10(3-4-10)9(12)13/h5,11H,3-4H2,1-2H3,(H,12,13). The quantitative estimate of drug-likeness (QED) is 0.726. The summed E-state index contributed by atoms with van der Waals surface area (Å²) in [6.07, 6.45) is 3.44. The molecule has 70 valence electrons. The predicted octanol–water partition coefficient (Wildman–Crippen LogP) is 1.75. The van der Waals surface area contributed by atoms with Crippen molar-refractivity contribution in [3.05, 3.63) is 23.0 Å². The summed E-state index contributed by atoms with van der Waals surface area (Å²) < 4.78 is 0. The zero-order valence-corrected chi connectivity index (χ0v) is 7.85. The highest BCUT2D eigenvalue weighted by Crippen LogP contribution is 2.50. The molecule has 0 radical (unpaired) electrons. The van der Waals surface area contributed by atoms with Crippen molar-refractivity contribution in [2.45, 2.75) is 32.1 Å². The summed E-state index contributed by atoms with van der Waals surface area (Å²) in [6.45, 7) is 3.90. The molecule has 0 bridgehead atoms. The van der Waals surface area contributed by atoms with Gasteiger partial charge in [-0.2, -0.15) is 0 Å². The Labute approximate surface area is 76.8 Å². The summed E-state index contributed by atoms with van der Waals surface area (Å²) in [6, 6.07) is 0. The van der Waals surface area contributed by atoms with Crippen LogP contribution < -0.4 is 0 Å². The molecule has 1 aliphatic rings. The molecule has 3 heteroatoms. The van der Waals surface area contributed by atoms with E-state index in [9.17, 15) is 4.79 Å². The Morgan fingerprint density at radius 2 is 2.15 bits per heavy atom. The Morgan fingerprint density at radius 3 is 2.46 bits per heavy atom. The zero-order valence-electron chi connectivity index (χ0n) is 7.85. The van der Waals surface area contributed by atoms with E-state index < -0.39 is 11.4 Å². The van der Waals surface area contributed by atoms with E-state index in [1.807, 2.05) is 20.0 Å². The molecule has 0 saturated heterocycles. The maximum absolute atomic E-state index is 11.1. The molecule has 1 aromatic heterocycles. The summed E-state index contributed by atoms with van der Waals surface area (Å²) in [4.78, 5) is 14.1. The van der Waals surface area contributed by atoms with Crippen LogP contribution in [0.25, 0.3) is 0 Å². The van der Waals surface area contributed by atoms with Crippen LogP contribution in [-0.4, -0.2) is 16.1 Å². The normalized spacial score (nSPS) is 18.6. The number of hydrogen-bond acceptors (Lipinski definition) is 1. The molecule has 1 aromatic rings. The number of nitrogens with one attached hydrogen (secondary N) is 1. The van der Waals surface area contributed by atoms with Crippen LogP contribution in [0.5, 0.6) is 0 Å². The summed E-state index contributed by atoms with van der Waals surface area (Å²) in [5.41, 5.74) is 2.50. The fourth-order valence-corrected chi connectivity index (χ4v) is 2.09. The maximum atomic E-state index is 11.1. The first-order valence-corrected chi connectivity index (χ1v) is 4.46. The number of aliphatic carboxylic acids is 1. The van der Waals surface area contributed by atoms with E-state index in [0.717, 1.165) is 29.7 Å². The molecular weight excluding hydrogens is 166 g/mol. The van der Waals surface area contributed by atoms with E-state index >= 15 is 0 Å². The van der Waals surface area contributed by atoms with Crippen molar-refractivity contribution in [3.8, 4) is 0 Å². The van der Waals surface area contributed by atoms with Gasteiger partial charge in [0.15, 0.2) is 0 Å². The van der Waals surface area contributed by atoms with Crippen molar-refractivity contribution in [2.75, 3.05) is 0 Å². The number of aromatic nitrogens is 1. The van der Waals surface area contributed by atoms with Crippen molar-refractivity contribution in [2.24, 2.45) is 0 Å². The van der Waals surface area contributed by atoms with Crippen LogP contribution in [0.2, 0.25) is 0 Å². The second-order valence-electron chi connectivity index (χ2n) is 3.86. The molecule has 0 aliphatic heterocycles. The number of H-pyrrole nitrogens is 1. The molecular formula is C10H13NO2. The second-order valence-corrected chi connectivity index (χ2v) is 3.86. The van der Waals surface area contributed by atoms with Gasteiger partial charge in [0, 0.05) is 11.9 Å². The fourth-order valence-electron chi connectivity index (χ4n) is 2.09. The lowest BCUT2D eigenvalue weighted by Crippen LogP contribution is -2.20. The summed E-state index contributed by atoms with van der Waals surface area (Å²) >= 11 is 0. The second kappa shape index (κ2) is 2.37. The minimum Gasteiger partial charge on any atom is -0.481 e. The number of rotatable bonds is 2. The minimum absolute atomic E-state index is 0.561. The van der Waals surface area contributed by atoms with Gasteiger partial charge >= 0.3 is 5.97 Å².